The van der Waals surface area contributed by atoms with Crippen molar-refractivity contribution in [1.29, 1.82) is 0 Å². The first-order valence-electron chi connectivity index (χ1n) is 10.5. The second kappa shape index (κ2) is 7.11. The van der Waals surface area contributed by atoms with Crippen molar-refractivity contribution in [2.45, 2.75) is 62.4 Å². The Morgan fingerprint density at radius 2 is 2.04 bits per heavy atom. The summed E-state index contributed by atoms with van der Waals surface area (Å²) in [6.45, 7) is 2.99. The third-order valence-electron chi connectivity index (χ3n) is 6.96. The number of aromatic nitrogens is 2. The maximum Gasteiger partial charge on any atom is 0.223 e. The highest BCUT2D eigenvalue weighted by Gasteiger charge is 2.49. The van der Waals surface area contributed by atoms with E-state index in [9.17, 15) is 13.2 Å². The van der Waals surface area contributed by atoms with Crippen LogP contribution < -0.4 is 4.72 Å². The number of rotatable bonds is 6. The summed E-state index contributed by atoms with van der Waals surface area (Å²) in [4.78, 5) is 24.8. The molecule has 1 amide bonds. The van der Waals surface area contributed by atoms with Crippen LogP contribution in [0.1, 0.15) is 44.3 Å². The smallest absolute Gasteiger partial charge is 0.223 e. The summed E-state index contributed by atoms with van der Waals surface area (Å²) in [6, 6.07) is 0.203. The van der Waals surface area contributed by atoms with E-state index in [1.54, 1.807) is 6.20 Å². The lowest BCUT2D eigenvalue weighted by atomic mass is 9.72. The quantitative estimate of drug-likeness (QED) is 0.723. The average molecular weight is 408 g/mol. The van der Waals surface area contributed by atoms with Gasteiger partial charge in [0.05, 0.1) is 11.8 Å². The maximum absolute atomic E-state index is 12.8. The van der Waals surface area contributed by atoms with Gasteiger partial charge in [-0.3, -0.25) is 9.69 Å². The minimum absolute atomic E-state index is 0.0398. The number of nitrogens with one attached hydrogen (secondary N) is 2. The Hall–Kier alpha value is -1.45. The van der Waals surface area contributed by atoms with Gasteiger partial charge >= 0.3 is 0 Å². The van der Waals surface area contributed by atoms with Gasteiger partial charge < -0.3 is 9.88 Å². The fourth-order valence-corrected chi connectivity index (χ4v) is 6.95. The molecule has 2 N–H and O–H groups in total. The van der Waals surface area contributed by atoms with Crippen molar-refractivity contribution in [3.63, 3.8) is 0 Å². The third kappa shape index (κ3) is 3.48. The van der Waals surface area contributed by atoms with Crippen molar-refractivity contribution in [3.05, 3.63) is 18.2 Å². The highest BCUT2D eigenvalue weighted by Crippen LogP contribution is 2.41. The predicted octanol–water partition coefficient (Wildman–Crippen LogP) is 0.693. The molecule has 4 heterocycles. The second-order valence-corrected chi connectivity index (χ2v) is 11.0. The molecule has 9 heteroatoms. The topological polar surface area (TPSA) is 98.4 Å². The van der Waals surface area contributed by atoms with Gasteiger partial charge in [0.25, 0.3) is 0 Å². The van der Waals surface area contributed by atoms with Crippen LogP contribution in [0.4, 0.5) is 0 Å². The van der Waals surface area contributed by atoms with Gasteiger partial charge in [-0.2, -0.15) is 0 Å². The van der Waals surface area contributed by atoms with Crippen molar-refractivity contribution >= 4 is 15.9 Å². The van der Waals surface area contributed by atoms with Crippen LogP contribution in [0.15, 0.2) is 12.4 Å². The highest BCUT2D eigenvalue weighted by atomic mass is 32.2. The van der Waals surface area contributed by atoms with Crippen LogP contribution in [0.2, 0.25) is 0 Å². The summed E-state index contributed by atoms with van der Waals surface area (Å²) < 4.78 is 27.6. The zero-order valence-electron chi connectivity index (χ0n) is 16.1. The number of carbonyl (C=O) groups excluding carboxylic acids is 1. The lowest BCUT2D eigenvalue weighted by Crippen LogP contribution is -2.67. The SMILES string of the molecule is O=C1CCC[C@H]2[C@H]3C[C@@H](CN(Cc4ncc[nH]4)C3)[C@H](CNS(=O)(=O)C3CC3)N12. The summed E-state index contributed by atoms with van der Waals surface area (Å²) in [5, 5.41) is -0.224. The number of imidazole rings is 1. The van der Waals surface area contributed by atoms with Crippen LogP contribution in [0.25, 0.3) is 0 Å². The molecule has 0 aromatic carbocycles. The molecule has 4 atom stereocenters. The summed E-state index contributed by atoms with van der Waals surface area (Å²) in [5.41, 5.74) is 0. The Labute approximate surface area is 166 Å². The molecule has 28 heavy (non-hydrogen) atoms. The van der Waals surface area contributed by atoms with Crippen LogP contribution in [0.5, 0.6) is 0 Å². The Morgan fingerprint density at radius 3 is 2.79 bits per heavy atom. The minimum Gasteiger partial charge on any atom is -0.348 e. The van der Waals surface area contributed by atoms with E-state index < -0.39 is 10.0 Å². The molecule has 4 fully saturated rings. The van der Waals surface area contributed by atoms with Gasteiger partial charge in [-0.15, -0.1) is 0 Å². The first-order chi connectivity index (χ1) is 13.5. The lowest BCUT2D eigenvalue weighted by molar-refractivity contribution is -0.152. The van der Waals surface area contributed by atoms with E-state index in [-0.39, 0.29) is 23.2 Å². The largest absolute Gasteiger partial charge is 0.348 e. The van der Waals surface area contributed by atoms with Gasteiger partial charge in [0.15, 0.2) is 0 Å². The van der Waals surface area contributed by atoms with E-state index in [1.165, 1.54) is 0 Å². The molecule has 5 rings (SSSR count). The van der Waals surface area contributed by atoms with Crippen molar-refractivity contribution in [3.8, 4) is 0 Å². The van der Waals surface area contributed by atoms with Gasteiger partial charge in [-0.1, -0.05) is 0 Å². The molecule has 0 unspecified atom stereocenters. The fourth-order valence-electron chi connectivity index (χ4n) is 5.56. The molecular weight excluding hydrogens is 378 g/mol. The zero-order valence-corrected chi connectivity index (χ0v) is 16.9. The first kappa shape index (κ1) is 18.6. The standard InChI is InChI=1S/C19H29N5O3S/c25-19-3-1-2-16-13-8-14(11-23(10-13)12-18-20-6-7-21-18)17(24(16)19)9-22-28(26,27)15-4-5-15/h6-7,13-17,22H,1-5,8-12H2,(H,20,21)/t13-,14-,16-,17-/m0/s1. The number of fused-ring (bicyclic) bond motifs is 4. The van der Waals surface area contributed by atoms with Crippen LogP contribution >= 0.6 is 0 Å². The van der Waals surface area contributed by atoms with Crippen LogP contribution in [-0.2, 0) is 21.4 Å². The first-order valence-corrected chi connectivity index (χ1v) is 12.1. The van der Waals surface area contributed by atoms with E-state index in [4.69, 9.17) is 0 Å². The molecule has 0 radical (unpaired) electrons. The number of amides is 1. The summed E-state index contributed by atoms with van der Waals surface area (Å²) in [7, 11) is -3.24. The van der Waals surface area contributed by atoms with Gasteiger partial charge in [0.1, 0.15) is 5.82 Å². The molecule has 0 spiro atoms. The number of hydrogen-bond acceptors (Lipinski definition) is 5. The Bertz CT molecular complexity index is 823. The number of likely N-dealkylation sites (tertiary alicyclic amines) is 1. The van der Waals surface area contributed by atoms with Crippen LogP contribution in [0.3, 0.4) is 0 Å². The van der Waals surface area contributed by atoms with Crippen molar-refractivity contribution < 1.29 is 13.2 Å². The average Bonchev–Trinajstić information content (AvgIpc) is 3.42. The van der Waals surface area contributed by atoms with E-state index in [1.807, 2.05) is 6.20 Å². The molecule has 3 saturated heterocycles. The van der Waals surface area contributed by atoms with Gasteiger partial charge in [0.2, 0.25) is 15.9 Å². The molecule has 1 saturated carbocycles. The molecule has 1 aromatic rings. The van der Waals surface area contributed by atoms with E-state index in [0.717, 1.165) is 57.6 Å². The molecule has 1 aliphatic carbocycles. The predicted molar refractivity (Wildman–Crippen MR) is 104 cm³/mol. The van der Waals surface area contributed by atoms with Gasteiger partial charge in [0, 0.05) is 50.5 Å². The normalized spacial score (nSPS) is 33.7. The summed E-state index contributed by atoms with van der Waals surface area (Å²) in [6.07, 6.45) is 8.79. The Balaban J connectivity index is 1.36. The minimum atomic E-state index is -3.24. The van der Waals surface area contributed by atoms with Gasteiger partial charge in [-0.25, -0.2) is 18.1 Å². The number of hydrogen-bond donors (Lipinski definition) is 2. The number of sulfonamides is 1. The summed E-state index contributed by atoms with van der Waals surface area (Å²) >= 11 is 0. The van der Waals surface area contributed by atoms with Crippen molar-refractivity contribution in [2.75, 3.05) is 19.6 Å². The fraction of sp³-hybridized carbons (Fsp3) is 0.789. The molecule has 154 valence electrons. The highest BCUT2D eigenvalue weighted by molar-refractivity contribution is 7.90. The Kier molecular flexibility index (Phi) is 4.71. The lowest BCUT2D eigenvalue weighted by Gasteiger charge is -2.56. The molecule has 1 aromatic heterocycles. The molecule has 8 nitrogen and oxygen atoms in total. The second-order valence-electron chi connectivity index (χ2n) is 8.91. The molecule has 3 aliphatic heterocycles. The number of carbonyl (C=O) groups is 1. The van der Waals surface area contributed by atoms with Crippen molar-refractivity contribution in [1.82, 2.24) is 24.5 Å². The Morgan fingerprint density at radius 1 is 1.21 bits per heavy atom. The molecule has 4 aliphatic rings. The monoisotopic (exact) mass is 407 g/mol. The van der Waals surface area contributed by atoms with Crippen LogP contribution in [-0.4, -0.2) is 71.1 Å². The number of piperidine rings is 3. The van der Waals surface area contributed by atoms with Crippen molar-refractivity contribution in [2.24, 2.45) is 11.8 Å². The number of H-pyrrole nitrogens is 1. The van der Waals surface area contributed by atoms with E-state index >= 15 is 0 Å². The molecular formula is C19H29N5O3S. The third-order valence-corrected chi connectivity index (χ3v) is 8.88. The van der Waals surface area contributed by atoms with Gasteiger partial charge in [-0.05, 0) is 43.9 Å². The number of nitrogens with zero attached hydrogens (tertiary/aromatic N) is 3. The maximum atomic E-state index is 12.8. The summed E-state index contributed by atoms with van der Waals surface area (Å²) in [5.74, 6) is 1.94. The zero-order chi connectivity index (χ0) is 19.3. The van der Waals surface area contributed by atoms with Crippen LogP contribution in [0, 0.1) is 11.8 Å². The van der Waals surface area contributed by atoms with E-state index in [2.05, 4.69) is 24.5 Å². The molecule has 2 bridgehead atoms. The van der Waals surface area contributed by atoms with E-state index in [0.29, 0.717) is 24.8 Å². The number of aromatic amines is 1.